The molecule has 0 saturated carbocycles. The third-order valence-corrected chi connectivity index (χ3v) is 5.47. The second kappa shape index (κ2) is 9.64. The highest BCUT2D eigenvalue weighted by Gasteiger charge is 2.19. The molecule has 1 aromatic carbocycles. The maximum absolute atomic E-state index is 12.4. The summed E-state index contributed by atoms with van der Waals surface area (Å²) in [6.45, 7) is 4.35. The Morgan fingerprint density at radius 2 is 2.14 bits per heavy atom. The number of hydrogen-bond donors (Lipinski definition) is 2. The molecule has 2 N–H and O–H groups in total. The van der Waals surface area contributed by atoms with Crippen molar-refractivity contribution in [3.05, 3.63) is 40.5 Å². The van der Waals surface area contributed by atoms with Crippen LogP contribution in [0.4, 0.5) is 5.69 Å². The average molecular weight is 404 g/mol. The predicted octanol–water partition coefficient (Wildman–Crippen LogP) is 2.28. The normalized spacial score (nSPS) is 16.4. The van der Waals surface area contributed by atoms with Gasteiger partial charge in [-0.15, -0.1) is 11.8 Å². The van der Waals surface area contributed by atoms with Crippen molar-refractivity contribution >= 4 is 35.2 Å². The summed E-state index contributed by atoms with van der Waals surface area (Å²) in [7, 11) is 0. The SMILES string of the molecule is Cc1ccc(C(=O)NCCCN2CCCC2=O)cc1NC(=O)C1=CSCCO1. The van der Waals surface area contributed by atoms with Gasteiger partial charge >= 0.3 is 0 Å². The van der Waals surface area contributed by atoms with E-state index in [0.29, 0.717) is 43.1 Å². The fourth-order valence-electron chi connectivity index (χ4n) is 3.08. The fourth-order valence-corrected chi connectivity index (χ4v) is 3.71. The monoisotopic (exact) mass is 403 g/mol. The van der Waals surface area contributed by atoms with Gasteiger partial charge in [-0.25, -0.2) is 0 Å². The van der Waals surface area contributed by atoms with E-state index in [1.165, 1.54) is 11.8 Å². The largest absolute Gasteiger partial charge is 0.487 e. The van der Waals surface area contributed by atoms with Gasteiger partial charge in [-0.2, -0.15) is 0 Å². The first kappa shape index (κ1) is 20.3. The first-order chi connectivity index (χ1) is 13.5. The molecule has 28 heavy (non-hydrogen) atoms. The van der Waals surface area contributed by atoms with Gasteiger partial charge in [0.25, 0.3) is 11.8 Å². The summed E-state index contributed by atoms with van der Waals surface area (Å²) < 4.78 is 5.37. The Kier molecular flexibility index (Phi) is 6.97. The van der Waals surface area contributed by atoms with Gasteiger partial charge in [-0.3, -0.25) is 14.4 Å². The van der Waals surface area contributed by atoms with Crippen molar-refractivity contribution in [2.75, 3.05) is 37.3 Å². The molecule has 1 saturated heterocycles. The van der Waals surface area contributed by atoms with Crippen LogP contribution in [0.3, 0.4) is 0 Å². The highest BCUT2D eigenvalue weighted by atomic mass is 32.2. The Labute approximate surface area is 168 Å². The maximum atomic E-state index is 12.4. The van der Waals surface area contributed by atoms with E-state index < -0.39 is 0 Å². The van der Waals surface area contributed by atoms with E-state index in [0.717, 1.165) is 30.7 Å². The molecule has 3 rings (SSSR count). The smallest absolute Gasteiger partial charge is 0.291 e. The molecule has 1 fully saturated rings. The number of thioether (sulfide) groups is 1. The van der Waals surface area contributed by atoms with Crippen molar-refractivity contribution in [2.24, 2.45) is 0 Å². The number of anilines is 1. The lowest BCUT2D eigenvalue weighted by Gasteiger charge is -2.16. The van der Waals surface area contributed by atoms with E-state index in [2.05, 4.69) is 10.6 Å². The number of likely N-dealkylation sites (tertiary alicyclic amines) is 1. The molecule has 3 amide bonds. The summed E-state index contributed by atoms with van der Waals surface area (Å²) in [5.41, 5.74) is 1.92. The molecule has 8 heteroatoms. The molecule has 0 unspecified atom stereocenters. The lowest BCUT2D eigenvalue weighted by Crippen LogP contribution is -2.30. The third-order valence-electron chi connectivity index (χ3n) is 4.68. The van der Waals surface area contributed by atoms with Crippen molar-refractivity contribution in [3.63, 3.8) is 0 Å². The molecule has 0 aliphatic carbocycles. The molecule has 2 aliphatic rings. The Morgan fingerprint density at radius 3 is 2.86 bits per heavy atom. The van der Waals surface area contributed by atoms with Crippen LogP contribution in [0.2, 0.25) is 0 Å². The molecule has 2 heterocycles. The van der Waals surface area contributed by atoms with Crippen molar-refractivity contribution in [2.45, 2.75) is 26.2 Å². The summed E-state index contributed by atoms with van der Waals surface area (Å²) in [5, 5.41) is 7.39. The summed E-state index contributed by atoms with van der Waals surface area (Å²) >= 11 is 1.54. The van der Waals surface area contributed by atoms with Crippen LogP contribution in [0.1, 0.15) is 35.2 Å². The number of nitrogens with one attached hydrogen (secondary N) is 2. The van der Waals surface area contributed by atoms with E-state index in [1.807, 2.05) is 11.8 Å². The number of rotatable bonds is 7. The number of carbonyl (C=O) groups is 3. The molecule has 0 spiro atoms. The minimum absolute atomic E-state index is 0.195. The van der Waals surface area contributed by atoms with Crippen LogP contribution in [0.5, 0.6) is 0 Å². The maximum Gasteiger partial charge on any atom is 0.291 e. The molecule has 0 radical (unpaired) electrons. The first-order valence-corrected chi connectivity index (χ1v) is 10.5. The highest BCUT2D eigenvalue weighted by molar-refractivity contribution is 8.02. The molecule has 7 nitrogen and oxygen atoms in total. The van der Waals surface area contributed by atoms with E-state index in [1.54, 1.807) is 23.6 Å². The predicted molar refractivity (Wildman–Crippen MR) is 109 cm³/mol. The lowest BCUT2D eigenvalue weighted by atomic mass is 10.1. The van der Waals surface area contributed by atoms with Crippen LogP contribution in [0, 0.1) is 6.92 Å². The molecule has 150 valence electrons. The van der Waals surface area contributed by atoms with E-state index in [-0.39, 0.29) is 17.7 Å². The van der Waals surface area contributed by atoms with Crippen LogP contribution in [-0.2, 0) is 14.3 Å². The molecular formula is C20H25N3O4S. The van der Waals surface area contributed by atoms with E-state index in [9.17, 15) is 14.4 Å². The van der Waals surface area contributed by atoms with Gasteiger partial charge in [0.2, 0.25) is 5.91 Å². The van der Waals surface area contributed by atoms with Gasteiger partial charge in [-0.1, -0.05) is 6.07 Å². The lowest BCUT2D eigenvalue weighted by molar-refractivity contribution is -0.127. The minimum atomic E-state index is -0.317. The number of ether oxygens (including phenoxy) is 1. The summed E-state index contributed by atoms with van der Waals surface area (Å²) in [6, 6.07) is 5.21. The van der Waals surface area contributed by atoms with Gasteiger partial charge in [0.1, 0.15) is 0 Å². The summed E-state index contributed by atoms with van der Waals surface area (Å²) in [6.07, 6.45) is 2.27. The molecule has 0 atom stereocenters. The zero-order chi connectivity index (χ0) is 19.9. The standard InChI is InChI=1S/C20H25N3O4S/c1-14-5-6-15(12-16(14)22-20(26)17-13-28-11-10-27-17)19(25)21-7-3-9-23-8-2-4-18(23)24/h5-6,12-13H,2-4,7-11H2,1H3,(H,21,25)(H,22,26). The van der Waals surface area contributed by atoms with Crippen molar-refractivity contribution in [1.82, 2.24) is 10.2 Å². The molecule has 0 aromatic heterocycles. The quantitative estimate of drug-likeness (QED) is 0.682. The molecule has 1 aromatic rings. The number of carbonyl (C=O) groups excluding carboxylic acids is 3. The number of amides is 3. The minimum Gasteiger partial charge on any atom is -0.487 e. The van der Waals surface area contributed by atoms with Crippen molar-refractivity contribution in [3.8, 4) is 0 Å². The summed E-state index contributed by atoms with van der Waals surface area (Å²) in [4.78, 5) is 38.2. The second-order valence-electron chi connectivity index (χ2n) is 6.78. The van der Waals surface area contributed by atoms with Crippen LogP contribution < -0.4 is 10.6 Å². The highest BCUT2D eigenvalue weighted by Crippen LogP contribution is 2.20. The van der Waals surface area contributed by atoms with Gasteiger partial charge in [0.05, 0.1) is 6.61 Å². The first-order valence-electron chi connectivity index (χ1n) is 9.47. The van der Waals surface area contributed by atoms with Gasteiger partial charge in [0.15, 0.2) is 5.76 Å². The zero-order valence-electron chi connectivity index (χ0n) is 16.0. The fraction of sp³-hybridized carbons (Fsp3) is 0.450. The van der Waals surface area contributed by atoms with E-state index in [4.69, 9.17) is 4.74 Å². The van der Waals surface area contributed by atoms with Crippen LogP contribution in [0.15, 0.2) is 29.4 Å². The number of benzene rings is 1. The van der Waals surface area contributed by atoms with Crippen LogP contribution >= 0.6 is 11.8 Å². The van der Waals surface area contributed by atoms with Crippen LogP contribution in [0.25, 0.3) is 0 Å². The Morgan fingerprint density at radius 1 is 1.29 bits per heavy atom. The molecule has 0 bridgehead atoms. The Balaban J connectivity index is 1.52. The zero-order valence-corrected chi connectivity index (χ0v) is 16.8. The number of hydrogen-bond acceptors (Lipinski definition) is 5. The van der Waals surface area contributed by atoms with Crippen molar-refractivity contribution in [1.29, 1.82) is 0 Å². The number of nitrogens with zero attached hydrogens (tertiary/aromatic N) is 1. The second-order valence-corrected chi connectivity index (χ2v) is 7.76. The van der Waals surface area contributed by atoms with Gasteiger partial charge < -0.3 is 20.3 Å². The molecule has 2 aliphatic heterocycles. The van der Waals surface area contributed by atoms with Crippen molar-refractivity contribution < 1.29 is 19.1 Å². The van der Waals surface area contributed by atoms with Gasteiger partial charge in [-0.05, 0) is 37.5 Å². The van der Waals surface area contributed by atoms with Crippen LogP contribution in [-0.4, -0.2) is 54.6 Å². The Hall–Kier alpha value is -2.48. The number of aryl methyl sites for hydroxylation is 1. The van der Waals surface area contributed by atoms with Gasteiger partial charge in [0, 0.05) is 48.5 Å². The average Bonchev–Trinajstić information content (AvgIpc) is 3.12. The summed E-state index contributed by atoms with van der Waals surface area (Å²) in [5.74, 6) is 0.801. The topological polar surface area (TPSA) is 87.7 Å². The Bertz CT molecular complexity index is 794. The third kappa shape index (κ3) is 5.28. The van der Waals surface area contributed by atoms with E-state index >= 15 is 0 Å². The molecular weight excluding hydrogens is 378 g/mol.